The average molecular weight is 298 g/mol. The van der Waals surface area contributed by atoms with Crippen molar-refractivity contribution in [3.8, 4) is 0 Å². The van der Waals surface area contributed by atoms with Crippen molar-refractivity contribution < 1.29 is 0 Å². The predicted molar refractivity (Wildman–Crippen MR) is 85.6 cm³/mol. The molecule has 1 unspecified atom stereocenters. The van der Waals surface area contributed by atoms with E-state index >= 15 is 0 Å². The van der Waals surface area contributed by atoms with Gasteiger partial charge in [-0.1, -0.05) is 36.1 Å². The average Bonchev–Trinajstić information content (AvgIpc) is 2.86. The molecule has 3 aliphatic carbocycles. The summed E-state index contributed by atoms with van der Waals surface area (Å²) in [6, 6.07) is 0. The minimum absolute atomic E-state index is 0.0582. The number of nitrogens with one attached hydrogen (secondary N) is 1. The lowest BCUT2D eigenvalue weighted by molar-refractivity contribution is 0.319. The Morgan fingerprint density at radius 3 is 3.14 bits per heavy atom. The number of H-pyrrole nitrogens is 1. The molecule has 1 spiro atoms. The molecule has 0 bridgehead atoms. The zero-order valence-electron chi connectivity index (χ0n) is 12.1. The summed E-state index contributed by atoms with van der Waals surface area (Å²) in [6.07, 6.45) is 16.1. The van der Waals surface area contributed by atoms with Crippen molar-refractivity contribution in [3.05, 3.63) is 57.1 Å². The van der Waals surface area contributed by atoms with E-state index in [0.29, 0.717) is 0 Å². The molecule has 0 amide bonds. The standard InChI is InChI=1S/C17H18N2OS/c1-21-16-18-14-10-17(9-7-12(14)15(20)19-16)8-6-11-4-2-3-5-13(11)17/h2,4-6H,3,7-10H2,1H3,(H,18,19,20). The van der Waals surface area contributed by atoms with Crippen molar-refractivity contribution in [2.45, 2.75) is 37.3 Å². The minimum atomic E-state index is 0.0582. The largest absolute Gasteiger partial charge is 0.301 e. The van der Waals surface area contributed by atoms with Gasteiger partial charge in [-0.2, -0.15) is 0 Å². The highest BCUT2D eigenvalue weighted by molar-refractivity contribution is 7.98. The third-order valence-corrected chi connectivity index (χ3v) is 5.56. The summed E-state index contributed by atoms with van der Waals surface area (Å²) in [4.78, 5) is 19.7. The first-order valence-corrected chi connectivity index (χ1v) is 8.68. The highest BCUT2D eigenvalue weighted by Crippen LogP contribution is 2.51. The van der Waals surface area contributed by atoms with Gasteiger partial charge in [0.1, 0.15) is 0 Å². The van der Waals surface area contributed by atoms with Gasteiger partial charge in [0.25, 0.3) is 5.56 Å². The van der Waals surface area contributed by atoms with Gasteiger partial charge in [-0.25, -0.2) is 4.98 Å². The zero-order valence-corrected chi connectivity index (χ0v) is 12.9. The Balaban J connectivity index is 1.76. The second-order valence-electron chi connectivity index (χ2n) is 6.08. The van der Waals surface area contributed by atoms with Crippen LogP contribution >= 0.6 is 11.8 Å². The molecule has 0 saturated heterocycles. The topological polar surface area (TPSA) is 45.8 Å². The fraction of sp³-hybridized carbons (Fsp3) is 0.412. The number of aromatic nitrogens is 2. The van der Waals surface area contributed by atoms with E-state index < -0.39 is 0 Å². The number of rotatable bonds is 1. The van der Waals surface area contributed by atoms with Crippen LogP contribution in [0, 0.1) is 5.41 Å². The summed E-state index contributed by atoms with van der Waals surface area (Å²) >= 11 is 1.50. The summed E-state index contributed by atoms with van der Waals surface area (Å²) in [5.41, 5.74) is 5.04. The van der Waals surface area contributed by atoms with Gasteiger partial charge in [0.05, 0.1) is 5.69 Å². The highest BCUT2D eigenvalue weighted by Gasteiger charge is 2.42. The molecule has 1 heterocycles. The molecule has 0 radical (unpaired) electrons. The van der Waals surface area contributed by atoms with Crippen LogP contribution in [-0.2, 0) is 12.8 Å². The number of aromatic amines is 1. The van der Waals surface area contributed by atoms with Crippen LogP contribution in [0.25, 0.3) is 0 Å². The van der Waals surface area contributed by atoms with Gasteiger partial charge in [-0.05, 0) is 43.1 Å². The van der Waals surface area contributed by atoms with E-state index in [9.17, 15) is 4.79 Å². The van der Waals surface area contributed by atoms with E-state index in [1.165, 1.54) is 22.9 Å². The summed E-state index contributed by atoms with van der Waals surface area (Å²) in [6.45, 7) is 0. The number of fused-ring (bicyclic) bond motifs is 3. The molecule has 0 aromatic carbocycles. The first-order valence-electron chi connectivity index (χ1n) is 7.46. The lowest BCUT2D eigenvalue weighted by Crippen LogP contribution is -2.33. The van der Waals surface area contributed by atoms with Gasteiger partial charge < -0.3 is 4.98 Å². The molecule has 4 heteroatoms. The number of hydrogen-bond donors (Lipinski definition) is 1. The van der Waals surface area contributed by atoms with Crippen LogP contribution in [0.3, 0.4) is 0 Å². The maximum Gasteiger partial charge on any atom is 0.254 e. The Hall–Kier alpha value is -1.55. The van der Waals surface area contributed by atoms with Gasteiger partial charge in [-0.15, -0.1) is 0 Å². The Labute approximate surface area is 128 Å². The molecule has 0 aliphatic heterocycles. The van der Waals surface area contributed by atoms with Crippen molar-refractivity contribution in [1.29, 1.82) is 0 Å². The first kappa shape index (κ1) is 13.1. The van der Waals surface area contributed by atoms with E-state index in [1.807, 2.05) is 6.26 Å². The van der Waals surface area contributed by atoms with Crippen LogP contribution in [0.15, 0.2) is 45.4 Å². The summed E-state index contributed by atoms with van der Waals surface area (Å²) in [5, 5.41) is 0.736. The van der Waals surface area contributed by atoms with Crippen molar-refractivity contribution in [1.82, 2.24) is 9.97 Å². The lowest BCUT2D eigenvalue weighted by atomic mass is 9.68. The molecule has 3 aliphatic rings. The van der Waals surface area contributed by atoms with Crippen LogP contribution in [0.4, 0.5) is 0 Å². The van der Waals surface area contributed by atoms with Crippen molar-refractivity contribution >= 4 is 11.8 Å². The number of allylic oxidation sites excluding steroid dienone is 6. The normalized spacial score (nSPS) is 26.3. The first-order chi connectivity index (χ1) is 10.2. The Kier molecular flexibility index (Phi) is 2.96. The molecule has 3 nitrogen and oxygen atoms in total. The second kappa shape index (κ2) is 4.73. The molecule has 0 fully saturated rings. The van der Waals surface area contributed by atoms with E-state index in [0.717, 1.165) is 48.5 Å². The van der Waals surface area contributed by atoms with E-state index in [1.54, 1.807) is 0 Å². The maximum atomic E-state index is 12.2. The molecular weight excluding hydrogens is 280 g/mol. The quantitative estimate of drug-likeness (QED) is 0.640. The van der Waals surface area contributed by atoms with Gasteiger partial charge in [0.2, 0.25) is 0 Å². The Morgan fingerprint density at radius 1 is 1.38 bits per heavy atom. The minimum Gasteiger partial charge on any atom is -0.301 e. The third-order valence-electron chi connectivity index (χ3n) is 4.98. The molecular formula is C17H18N2OS. The second-order valence-corrected chi connectivity index (χ2v) is 6.87. The molecule has 0 saturated carbocycles. The molecule has 1 aromatic heterocycles. The number of thioether (sulfide) groups is 1. The smallest absolute Gasteiger partial charge is 0.254 e. The van der Waals surface area contributed by atoms with Crippen LogP contribution in [-0.4, -0.2) is 16.2 Å². The van der Waals surface area contributed by atoms with Gasteiger partial charge in [0.15, 0.2) is 5.16 Å². The van der Waals surface area contributed by atoms with E-state index in [2.05, 4.69) is 34.3 Å². The van der Waals surface area contributed by atoms with Crippen LogP contribution < -0.4 is 5.56 Å². The van der Waals surface area contributed by atoms with Gasteiger partial charge >= 0.3 is 0 Å². The fourth-order valence-electron chi connectivity index (χ4n) is 3.90. The lowest BCUT2D eigenvalue weighted by Gasteiger charge is -2.36. The number of nitrogens with zero attached hydrogens (tertiary/aromatic N) is 1. The summed E-state index contributed by atoms with van der Waals surface area (Å²) < 4.78 is 0. The van der Waals surface area contributed by atoms with E-state index in [4.69, 9.17) is 0 Å². The van der Waals surface area contributed by atoms with Crippen LogP contribution in [0.1, 0.15) is 30.5 Å². The number of hydrogen-bond acceptors (Lipinski definition) is 3. The van der Waals surface area contributed by atoms with Crippen molar-refractivity contribution in [2.24, 2.45) is 5.41 Å². The maximum absolute atomic E-state index is 12.2. The molecule has 4 rings (SSSR count). The molecule has 21 heavy (non-hydrogen) atoms. The molecule has 1 aromatic rings. The molecule has 108 valence electrons. The highest BCUT2D eigenvalue weighted by atomic mass is 32.2. The Morgan fingerprint density at radius 2 is 2.29 bits per heavy atom. The molecule has 1 atom stereocenters. The van der Waals surface area contributed by atoms with Crippen molar-refractivity contribution in [2.75, 3.05) is 6.26 Å². The van der Waals surface area contributed by atoms with Gasteiger partial charge in [-0.3, -0.25) is 4.79 Å². The fourth-order valence-corrected chi connectivity index (χ4v) is 4.30. The van der Waals surface area contributed by atoms with E-state index in [-0.39, 0.29) is 11.0 Å². The van der Waals surface area contributed by atoms with Crippen LogP contribution in [0.5, 0.6) is 0 Å². The Bertz CT molecular complexity index is 757. The molecule has 1 N–H and O–H groups in total. The monoisotopic (exact) mass is 298 g/mol. The summed E-state index contributed by atoms with van der Waals surface area (Å²) in [7, 11) is 0. The SMILES string of the molecule is CSc1nc2c(c(=O)[nH]1)CCC1(CC=C3C=CCC=C31)C2. The van der Waals surface area contributed by atoms with Crippen molar-refractivity contribution in [3.63, 3.8) is 0 Å². The third kappa shape index (κ3) is 1.96. The summed E-state index contributed by atoms with van der Waals surface area (Å²) in [5.74, 6) is 0. The zero-order chi connectivity index (χ0) is 14.4. The predicted octanol–water partition coefficient (Wildman–Crippen LogP) is 3.18. The van der Waals surface area contributed by atoms with Gasteiger partial charge in [0, 0.05) is 17.4 Å². The van der Waals surface area contributed by atoms with Crippen LogP contribution in [0.2, 0.25) is 0 Å².